The van der Waals surface area contributed by atoms with Gasteiger partial charge in [-0.2, -0.15) is 0 Å². The van der Waals surface area contributed by atoms with Crippen LogP contribution in [0.3, 0.4) is 0 Å². The quantitative estimate of drug-likeness (QED) is 0.562. The molecule has 1 saturated heterocycles. The molecule has 3 aromatic rings. The first kappa shape index (κ1) is 22.5. The second kappa shape index (κ2) is 9.91. The molecule has 34 heavy (non-hydrogen) atoms. The molecule has 0 aromatic heterocycles. The number of nitrogens with one attached hydrogen (secondary N) is 1. The monoisotopic (exact) mass is 481 g/mol. The SMILES string of the molecule is O=C(NCC(c1ccc2c(c1)OCO2)N1CCN(c2ccc(F)cc2)CC1)c1ccc(Cl)cc1. The van der Waals surface area contributed by atoms with Crippen molar-refractivity contribution in [1.29, 1.82) is 0 Å². The highest BCUT2D eigenvalue weighted by molar-refractivity contribution is 6.30. The molecule has 176 valence electrons. The molecule has 0 bridgehead atoms. The number of halogens is 2. The summed E-state index contributed by atoms with van der Waals surface area (Å²) in [6, 6.07) is 19.4. The number of carbonyl (C=O) groups is 1. The Morgan fingerprint density at radius 3 is 2.38 bits per heavy atom. The van der Waals surface area contributed by atoms with Gasteiger partial charge in [-0.1, -0.05) is 17.7 Å². The van der Waals surface area contributed by atoms with Crippen LogP contribution in [0.25, 0.3) is 0 Å². The normalized spacial score (nSPS) is 16.4. The zero-order chi connectivity index (χ0) is 23.5. The van der Waals surface area contributed by atoms with Crippen LogP contribution >= 0.6 is 11.6 Å². The zero-order valence-corrected chi connectivity index (χ0v) is 19.3. The maximum absolute atomic E-state index is 13.3. The van der Waals surface area contributed by atoms with Crippen LogP contribution in [0.2, 0.25) is 5.02 Å². The van der Waals surface area contributed by atoms with Crippen LogP contribution in [0.4, 0.5) is 10.1 Å². The Bertz CT molecular complexity index is 1150. The largest absolute Gasteiger partial charge is 0.454 e. The van der Waals surface area contributed by atoms with E-state index in [0.29, 0.717) is 17.1 Å². The smallest absolute Gasteiger partial charge is 0.251 e. The van der Waals surface area contributed by atoms with Crippen LogP contribution < -0.4 is 19.7 Å². The standard InChI is InChI=1S/C26H25ClFN3O3/c27-20-4-1-18(2-5-20)26(32)29-16-23(19-3-10-24-25(15-19)34-17-33-24)31-13-11-30(12-14-31)22-8-6-21(28)7-9-22/h1-10,15,23H,11-14,16-17H2,(H,29,32). The summed E-state index contributed by atoms with van der Waals surface area (Å²) < 4.78 is 24.4. The number of hydrogen-bond acceptors (Lipinski definition) is 5. The van der Waals surface area contributed by atoms with Crippen molar-refractivity contribution in [1.82, 2.24) is 10.2 Å². The zero-order valence-electron chi connectivity index (χ0n) is 18.5. The molecule has 1 amide bonds. The summed E-state index contributed by atoms with van der Waals surface area (Å²) in [6.07, 6.45) is 0. The molecule has 1 atom stereocenters. The van der Waals surface area contributed by atoms with E-state index in [1.54, 1.807) is 24.3 Å². The van der Waals surface area contributed by atoms with Gasteiger partial charge >= 0.3 is 0 Å². The molecule has 2 aliphatic rings. The first-order chi connectivity index (χ1) is 16.6. The molecule has 6 nitrogen and oxygen atoms in total. The van der Waals surface area contributed by atoms with Gasteiger partial charge < -0.3 is 19.7 Å². The number of benzene rings is 3. The van der Waals surface area contributed by atoms with E-state index in [2.05, 4.69) is 15.1 Å². The highest BCUT2D eigenvalue weighted by Crippen LogP contribution is 2.36. The van der Waals surface area contributed by atoms with E-state index in [4.69, 9.17) is 21.1 Å². The predicted octanol–water partition coefficient (Wildman–Crippen LogP) is 4.50. The molecule has 3 aromatic carbocycles. The summed E-state index contributed by atoms with van der Waals surface area (Å²) in [4.78, 5) is 17.4. The molecule has 0 radical (unpaired) electrons. The van der Waals surface area contributed by atoms with Gasteiger partial charge in [0.15, 0.2) is 11.5 Å². The number of hydrogen-bond donors (Lipinski definition) is 1. The fraction of sp³-hybridized carbons (Fsp3) is 0.269. The minimum absolute atomic E-state index is 0.0406. The van der Waals surface area contributed by atoms with E-state index < -0.39 is 0 Å². The molecular weight excluding hydrogens is 457 g/mol. The van der Waals surface area contributed by atoms with Gasteiger partial charge in [-0.05, 0) is 66.2 Å². The van der Waals surface area contributed by atoms with E-state index in [0.717, 1.165) is 48.9 Å². The first-order valence-corrected chi connectivity index (χ1v) is 11.6. The van der Waals surface area contributed by atoms with Crippen molar-refractivity contribution < 1.29 is 18.7 Å². The average molecular weight is 482 g/mol. The van der Waals surface area contributed by atoms with Crippen LogP contribution in [0, 0.1) is 5.82 Å². The minimum atomic E-state index is -0.235. The summed E-state index contributed by atoms with van der Waals surface area (Å²) in [5.74, 6) is 1.07. The summed E-state index contributed by atoms with van der Waals surface area (Å²) in [6.45, 7) is 3.86. The van der Waals surface area contributed by atoms with Gasteiger partial charge in [0.2, 0.25) is 6.79 Å². The summed E-state index contributed by atoms with van der Waals surface area (Å²) >= 11 is 5.95. The minimum Gasteiger partial charge on any atom is -0.454 e. The predicted molar refractivity (Wildman–Crippen MR) is 129 cm³/mol. The van der Waals surface area contributed by atoms with E-state index in [9.17, 15) is 9.18 Å². The van der Waals surface area contributed by atoms with Gasteiger partial charge in [0.1, 0.15) is 5.82 Å². The third-order valence-corrected chi connectivity index (χ3v) is 6.54. The lowest BCUT2D eigenvalue weighted by molar-refractivity contribution is 0.0930. The van der Waals surface area contributed by atoms with E-state index >= 15 is 0 Å². The van der Waals surface area contributed by atoms with Crippen molar-refractivity contribution in [2.45, 2.75) is 6.04 Å². The van der Waals surface area contributed by atoms with Crippen LogP contribution in [-0.4, -0.2) is 50.3 Å². The second-order valence-corrected chi connectivity index (χ2v) is 8.78. The molecule has 5 rings (SSSR count). The lowest BCUT2D eigenvalue weighted by Crippen LogP contribution is -2.50. The maximum atomic E-state index is 13.3. The Labute approximate surface area is 202 Å². The maximum Gasteiger partial charge on any atom is 0.251 e. The molecule has 0 saturated carbocycles. The van der Waals surface area contributed by atoms with Crippen LogP contribution in [-0.2, 0) is 0 Å². The number of amides is 1. The number of nitrogens with zero attached hydrogens (tertiary/aromatic N) is 2. The molecule has 2 aliphatic heterocycles. The summed E-state index contributed by atoms with van der Waals surface area (Å²) in [7, 11) is 0. The fourth-order valence-corrected chi connectivity index (χ4v) is 4.54. The topological polar surface area (TPSA) is 54.0 Å². The van der Waals surface area contributed by atoms with Crippen molar-refractivity contribution in [3.63, 3.8) is 0 Å². The highest BCUT2D eigenvalue weighted by atomic mass is 35.5. The molecule has 1 fully saturated rings. The molecule has 2 heterocycles. The van der Waals surface area contributed by atoms with Crippen molar-refractivity contribution in [2.75, 3.05) is 44.4 Å². The second-order valence-electron chi connectivity index (χ2n) is 8.34. The van der Waals surface area contributed by atoms with Gasteiger partial charge in [0.05, 0.1) is 6.04 Å². The fourth-order valence-electron chi connectivity index (χ4n) is 4.41. The number of anilines is 1. The molecule has 1 N–H and O–H groups in total. The van der Waals surface area contributed by atoms with Gasteiger partial charge in [-0.25, -0.2) is 4.39 Å². The summed E-state index contributed by atoms with van der Waals surface area (Å²) in [5, 5.41) is 3.67. The lowest BCUT2D eigenvalue weighted by Gasteiger charge is -2.40. The number of ether oxygens (including phenoxy) is 2. The number of piperazine rings is 1. The molecule has 1 unspecified atom stereocenters. The van der Waals surface area contributed by atoms with Crippen molar-refractivity contribution in [3.8, 4) is 11.5 Å². The Morgan fingerprint density at radius 2 is 1.65 bits per heavy atom. The van der Waals surface area contributed by atoms with Gasteiger partial charge in [0, 0.05) is 49.0 Å². The van der Waals surface area contributed by atoms with Crippen molar-refractivity contribution >= 4 is 23.2 Å². The van der Waals surface area contributed by atoms with E-state index in [-0.39, 0.29) is 24.6 Å². The molecule has 8 heteroatoms. The van der Waals surface area contributed by atoms with Crippen LogP contribution in [0.5, 0.6) is 11.5 Å². The van der Waals surface area contributed by atoms with Crippen LogP contribution in [0.1, 0.15) is 22.0 Å². The lowest BCUT2D eigenvalue weighted by atomic mass is 10.0. The van der Waals surface area contributed by atoms with Gasteiger partial charge in [0.25, 0.3) is 5.91 Å². The Hall–Kier alpha value is -3.29. The van der Waals surface area contributed by atoms with Crippen molar-refractivity contribution in [2.24, 2.45) is 0 Å². The summed E-state index contributed by atoms with van der Waals surface area (Å²) in [5.41, 5.74) is 2.63. The third-order valence-electron chi connectivity index (χ3n) is 6.29. The van der Waals surface area contributed by atoms with E-state index in [1.165, 1.54) is 12.1 Å². The van der Waals surface area contributed by atoms with Crippen LogP contribution in [0.15, 0.2) is 66.7 Å². The highest BCUT2D eigenvalue weighted by Gasteiger charge is 2.27. The third kappa shape index (κ3) is 4.95. The van der Waals surface area contributed by atoms with Gasteiger partial charge in [-0.15, -0.1) is 0 Å². The Kier molecular flexibility index (Phi) is 6.56. The number of carbonyl (C=O) groups excluding carboxylic acids is 1. The molecule has 0 spiro atoms. The average Bonchev–Trinajstić information content (AvgIpc) is 3.33. The van der Waals surface area contributed by atoms with Gasteiger partial charge in [-0.3, -0.25) is 9.69 Å². The Balaban J connectivity index is 1.31. The molecule has 0 aliphatic carbocycles. The number of fused-ring (bicyclic) bond motifs is 1. The Morgan fingerprint density at radius 1 is 0.941 bits per heavy atom. The van der Waals surface area contributed by atoms with E-state index in [1.807, 2.05) is 30.3 Å². The number of rotatable bonds is 6. The molecular formula is C26H25ClFN3O3. The van der Waals surface area contributed by atoms with Crippen molar-refractivity contribution in [3.05, 3.63) is 88.7 Å². The first-order valence-electron chi connectivity index (χ1n) is 11.2.